The summed E-state index contributed by atoms with van der Waals surface area (Å²) in [5.41, 5.74) is 1.74. The van der Waals surface area contributed by atoms with E-state index in [0.717, 1.165) is 49.9 Å². The molecule has 0 fully saturated rings. The molecular weight excluding hydrogens is 324 g/mol. The maximum absolute atomic E-state index is 12.2. The van der Waals surface area contributed by atoms with Gasteiger partial charge in [-0.2, -0.15) is 0 Å². The highest BCUT2D eigenvalue weighted by molar-refractivity contribution is 6.31. The van der Waals surface area contributed by atoms with Gasteiger partial charge in [-0.25, -0.2) is 4.98 Å². The number of carbonyl (C=O) groups excluding carboxylic acids is 1. The second-order valence-corrected chi connectivity index (χ2v) is 6.56. The lowest BCUT2D eigenvalue weighted by Crippen LogP contribution is -2.27. The molecular formula is C18H27ClN4O. The molecule has 1 amide bonds. The van der Waals surface area contributed by atoms with Gasteiger partial charge in [-0.15, -0.1) is 0 Å². The van der Waals surface area contributed by atoms with Crippen molar-refractivity contribution >= 4 is 34.5 Å². The van der Waals surface area contributed by atoms with Crippen LogP contribution >= 0.6 is 11.6 Å². The van der Waals surface area contributed by atoms with Gasteiger partial charge in [0.2, 0.25) is 11.9 Å². The first-order chi connectivity index (χ1) is 11.5. The van der Waals surface area contributed by atoms with Crippen LogP contribution in [0.1, 0.15) is 39.5 Å². The number of aromatic nitrogens is 2. The van der Waals surface area contributed by atoms with Crippen molar-refractivity contribution in [2.45, 2.75) is 39.5 Å². The molecule has 0 spiro atoms. The van der Waals surface area contributed by atoms with Gasteiger partial charge in [0.1, 0.15) is 0 Å². The van der Waals surface area contributed by atoms with Crippen LogP contribution in [0.25, 0.3) is 11.0 Å². The number of hydrogen-bond acceptors (Lipinski definition) is 3. The minimum atomic E-state index is 0.00690. The number of nitrogens with one attached hydrogen (secondary N) is 1. The molecule has 132 valence electrons. The molecule has 1 aromatic carbocycles. The topological polar surface area (TPSA) is 50.2 Å². The Morgan fingerprint density at radius 2 is 1.96 bits per heavy atom. The summed E-state index contributed by atoms with van der Waals surface area (Å²) in [6.07, 6.45) is 3.67. The minimum Gasteiger partial charge on any atom is -0.313 e. The fourth-order valence-electron chi connectivity index (χ4n) is 2.90. The van der Waals surface area contributed by atoms with Gasteiger partial charge in [-0.3, -0.25) is 10.1 Å². The predicted octanol–water partition coefficient (Wildman–Crippen LogP) is 4.07. The number of nitrogens with zero attached hydrogens (tertiary/aromatic N) is 3. The molecule has 1 N–H and O–H groups in total. The Labute approximate surface area is 149 Å². The smallest absolute Gasteiger partial charge is 0.226 e. The zero-order chi connectivity index (χ0) is 17.5. The fraction of sp³-hybridized carbons (Fsp3) is 0.556. The Kier molecular flexibility index (Phi) is 7.06. The van der Waals surface area contributed by atoms with Crippen LogP contribution in [0.5, 0.6) is 0 Å². The number of benzene rings is 1. The quantitative estimate of drug-likeness (QED) is 0.741. The number of carbonyl (C=O) groups is 1. The Balaban J connectivity index is 1.89. The largest absolute Gasteiger partial charge is 0.313 e. The molecule has 5 nitrogen and oxygen atoms in total. The van der Waals surface area contributed by atoms with E-state index in [4.69, 9.17) is 11.6 Å². The Morgan fingerprint density at radius 1 is 1.25 bits per heavy atom. The second-order valence-electron chi connectivity index (χ2n) is 6.12. The van der Waals surface area contributed by atoms with Crippen molar-refractivity contribution in [1.82, 2.24) is 14.5 Å². The Bertz CT molecular complexity index is 677. The number of halogens is 1. The van der Waals surface area contributed by atoms with Crippen LogP contribution in [-0.2, 0) is 11.8 Å². The zero-order valence-corrected chi connectivity index (χ0v) is 15.6. The molecule has 0 bridgehead atoms. The van der Waals surface area contributed by atoms with Crippen molar-refractivity contribution in [3.63, 3.8) is 0 Å². The van der Waals surface area contributed by atoms with Crippen molar-refractivity contribution in [2.75, 3.05) is 25.0 Å². The van der Waals surface area contributed by atoms with Gasteiger partial charge in [0, 0.05) is 18.5 Å². The Morgan fingerprint density at radius 3 is 2.62 bits per heavy atom. The highest BCUT2D eigenvalue weighted by Crippen LogP contribution is 2.21. The maximum Gasteiger partial charge on any atom is 0.226 e. The molecule has 24 heavy (non-hydrogen) atoms. The average molecular weight is 351 g/mol. The number of rotatable bonds is 9. The number of amides is 1. The van der Waals surface area contributed by atoms with Crippen LogP contribution in [0.3, 0.4) is 0 Å². The normalized spacial score (nSPS) is 11.4. The summed E-state index contributed by atoms with van der Waals surface area (Å²) in [5.74, 6) is 0.573. The monoisotopic (exact) mass is 350 g/mol. The van der Waals surface area contributed by atoms with E-state index in [1.807, 2.05) is 23.7 Å². The molecule has 0 atom stereocenters. The third kappa shape index (κ3) is 4.95. The standard InChI is InChI=1S/C18H27ClN4O/c1-4-10-23(11-5-2)12-6-7-17(24)21-18-20-15-13-14(19)8-9-16(15)22(18)3/h8-9,13H,4-7,10-12H2,1-3H3,(H,20,21,24). The molecule has 0 radical (unpaired) electrons. The number of imidazole rings is 1. The van der Waals surface area contributed by atoms with Gasteiger partial charge < -0.3 is 9.47 Å². The molecule has 0 aliphatic carbocycles. The van der Waals surface area contributed by atoms with E-state index in [0.29, 0.717) is 17.4 Å². The summed E-state index contributed by atoms with van der Waals surface area (Å²) in [6, 6.07) is 5.54. The van der Waals surface area contributed by atoms with Crippen molar-refractivity contribution in [2.24, 2.45) is 7.05 Å². The average Bonchev–Trinajstić information content (AvgIpc) is 2.83. The SMILES string of the molecule is CCCN(CCC)CCCC(=O)Nc1nc2cc(Cl)ccc2n1C. The lowest BCUT2D eigenvalue weighted by molar-refractivity contribution is -0.116. The number of fused-ring (bicyclic) bond motifs is 1. The van der Waals surface area contributed by atoms with Gasteiger partial charge in [0.15, 0.2) is 0 Å². The molecule has 6 heteroatoms. The number of hydrogen-bond donors (Lipinski definition) is 1. The molecule has 2 rings (SSSR count). The zero-order valence-electron chi connectivity index (χ0n) is 14.8. The molecule has 0 unspecified atom stereocenters. The highest BCUT2D eigenvalue weighted by Gasteiger charge is 2.11. The van der Waals surface area contributed by atoms with Gasteiger partial charge in [0.05, 0.1) is 11.0 Å². The van der Waals surface area contributed by atoms with E-state index in [-0.39, 0.29) is 5.91 Å². The maximum atomic E-state index is 12.2. The first kappa shape index (κ1) is 18.7. The van der Waals surface area contributed by atoms with E-state index in [1.54, 1.807) is 6.07 Å². The molecule has 1 heterocycles. The molecule has 0 aliphatic rings. The third-order valence-corrected chi connectivity index (χ3v) is 4.29. The van der Waals surface area contributed by atoms with Crippen molar-refractivity contribution in [1.29, 1.82) is 0 Å². The molecule has 2 aromatic rings. The Hall–Kier alpha value is -1.59. The minimum absolute atomic E-state index is 0.00690. The summed E-state index contributed by atoms with van der Waals surface area (Å²) in [6.45, 7) is 7.54. The van der Waals surface area contributed by atoms with Gasteiger partial charge in [-0.05, 0) is 57.1 Å². The highest BCUT2D eigenvalue weighted by atomic mass is 35.5. The van der Waals surface area contributed by atoms with E-state index in [2.05, 4.69) is 29.0 Å². The lowest BCUT2D eigenvalue weighted by Gasteiger charge is -2.20. The molecule has 1 aromatic heterocycles. The molecule has 0 saturated carbocycles. The summed E-state index contributed by atoms with van der Waals surface area (Å²) in [5, 5.41) is 3.55. The van der Waals surface area contributed by atoms with E-state index in [1.165, 1.54) is 0 Å². The summed E-state index contributed by atoms with van der Waals surface area (Å²) < 4.78 is 1.88. The van der Waals surface area contributed by atoms with Crippen LogP contribution in [-0.4, -0.2) is 40.0 Å². The summed E-state index contributed by atoms with van der Waals surface area (Å²) in [4.78, 5) is 19.1. The van der Waals surface area contributed by atoms with Crippen molar-refractivity contribution in [3.05, 3.63) is 23.2 Å². The van der Waals surface area contributed by atoms with Gasteiger partial charge in [0.25, 0.3) is 0 Å². The summed E-state index contributed by atoms with van der Waals surface area (Å²) in [7, 11) is 1.89. The lowest BCUT2D eigenvalue weighted by atomic mass is 10.2. The number of aryl methyl sites for hydroxylation is 1. The first-order valence-electron chi connectivity index (χ1n) is 8.69. The fourth-order valence-corrected chi connectivity index (χ4v) is 3.07. The van der Waals surface area contributed by atoms with Gasteiger partial charge >= 0.3 is 0 Å². The van der Waals surface area contributed by atoms with Crippen LogP contribution in [0, 0.1) is 0 Å². The van der Waals surface area contributed by atoms with Crippen LogP contribution in [0.2, 0.25) is 5.02 Å². The van der Waals surface area contributed by atoms with Crippen molar-refractivity contribution < 1.29 is 4.79 Å². The molecule has 0 saturated heterocycles. The van der Waals surface area contributed by atoms with Crippen LogP contribution < -0.4 is 5.32 Å². The van der Waals surface area contributed by atoms with E-state index >= 15 is 0 Å². The van der Waals surface area contributed by atoms with Crippen molar-refractivity contribution in [3.8, 4) is 0 Å². The third-order valence-electron chi connectivity index (χ3n) is 4.05. The molecule has 0 aliphatic heterocycles. The summed E-state index contributed by atoms with van der Waals surface area (Å²) >= 11 is 5.99. The number of anilines is 1. The predicted molar refractivity (Wildman–Crippen MR) is 101 cm³/mol. The van der Waals surface area contributed by atoms with Crippen LogP contribution in [0.4, 0.5) is 5.95 Å². The first-order valence-corrected chi connectivity index (χ1v) is 9.07. The van der Waals surface area contributed by atoms with E-state index in [9.17, 15) is 4.79 Å². The van der Waals surface area contributed by atoms with Crippen LogP contribution in [0.15, 0.2) is 18.2 Å². The second kappa shape index (κ2) is 9.04. The van der Waals surface area contributed by atoms with Gasteiger partial charge in [-0.1, -0.05) is 25.4 Å². The van der Waals surface area contributed by atoms with E-state index < -0.39 is 0 Å².